The maximum absolute atomic E-state index is 4.59. The summed E-state index contributed by atoms with van der Waals surface area (Å²) in [5.41, 5.74) is 4.06. The summed E-state index contributed by atoms with van der Waals surface area (Å²) in [6.07, 6.45) is 8.01. The number of hydrogen-bond donors (Lipinski definition) is 1. The molecule has 1 atom stereocenters. The molecule has 0 amide bonds. The maximum Gasteiger partial charge on any atom is 0.159 e. The molecule has 1 spiro atoms. The molecule has 0 radical (unpaired) electrons. The highest BCUT2D eigenvalue weighted by Crippen LogP contribution is 2.36. The Kier molecular flexibility index (Phi) is 4.33. The third-order valence-electron chi connectivity index (χ3n) is 5.47. The summed E-state index contributed by atoms with van der Waals surface area (Å²) in [6, 6.07) is 8.36. The molecular formula is C20H26N4. The van der Waals surface area contributed by atoms with Crippen LogP contribution in [0.25, 0.3) is 11.4 Å². The van der Waals surface area contributed by atoms with Crippen LogP contribution in [0.2, 0.25) is 0 Å². The molecule has 1 N–H and O–H groups in total. The van der Waals surface area contributed by atoms with Gasteiger partial charge in [-0.2, -0.15) is 0 Å². The second kappa shape index (κ2) is 6.61. The minimum Gasteiger partial charge on any atom is -0.316 e. The summed E-state index contributed by atoms with van der Waals surface area (Å²) in [5.74, 6) is 0.817. The highest BCUT2D eigenvalue weighted by molar-refractivity contribution is 5.55. The Balaban J connectivity index is 1.41. The van der Waals surface area contributed by atoms with Gasteiger partial charge in [-0.1, -0.05) is 23.8 Å². The first-order valence-electron chi connectivity index (χ1n) is 9.04. The molecular weight excluding hydrogens is 296 g/mol. The van der Waals surface area contributed by atoms with Crippen molar-refractivity contribution in [3.63, 3.8) is 0 Å². The summed E-state index contributed by atoms with van der Waals surface area (Å²) >= 11 is 0. The number of rotatable bonds is 3. The van der Waals surface area contributed by atoms with Crippen LogP contribution in [-0.4, -0.2) is 41.0 Å². The second-order valence-electron chi connectivity index (χ2n) is 7.53. The van der Waals surface area contributed by atoms with Crippen LogP contribution in [-0.2, 0) is 6.54 Å². The fourth-order valence-corrected chi connectivity index (χ4v) is 4.17. The molecule has 2 aliphatic rings. The van der Waals surface area contributed by atoms with Gasteiger partial charge >= 0.3 is 0 Å². The van der Waals surface area contributed by atoms with Gasteiger partial charge in [-0.3, -0.25) is 4.90 Å². The molecule has 2 aromatic rings. The molecule has 24 heavy (non-hydrogen) atoms. The Morgan fingerprint density at radius 2 is 2.08 bits per heavy atom. The van der Waals surface area contributed by atoms with Crippen LogP contribution >= 0.6 is 0 Å². The van der Waals surface area contributed by atoms with Crippen molar-refractivity contribution < 1.29 is 0 Å². The Morgan fingerprint density at radius 3 is 2.83 bits per heavy atom. The molecule has 1 aromatic heterocycles. The van der Waals surface area contributed by atoms with E-state index in [1.165, 1.54) is 56.6 Å². The number of benzene rings is 1. The van der Waals surface area contributed by atoms with E-state index in [0.29, 0.717) is 5.41 Å². The van der Waals surface area contributed by atoms with Crippen molar-refractivity contribution in [2.24, 2.45) is 5.41 Å². The van der Waals surface area contributed by atoms with Crippen LogP contribution in [0.4, 0.5) is 0 Å². The minimum absolute atomic E-state index is 0.514. The van der Waals surface area contributed by atoms with Gasteiger partial charge in [-0.15, -0.1) is 0 Å². The quantitative estimate of drug-likeness (QED) is 0.943. The lowest BCUT2D eigenvalue weighted by atomic mass is 9.80. The van der Waals surface area contributed by atoms with E-state index in [1.807, 2.05) is 12.4 Å². The summed E-state index contributed by atoms with van der Waals surface area (Å²) in [5, 5.41) is 3.58. The molecule has 1 unspecified atom stereocenters. The largest absolute Gasteiger partial charge is 0.316 e. The Bertz CT molecular complexity index is 689. The number of piperidine rings is 1. The van der Waals surface area contributed by atoms with Crippen molar-refractivity contribution in [2.75, 3.05) is 26.2 Å². The van der Waals surface area contributed by atoms with Crippen LogP contribution in [0.5, 0.6) is 0 Å². The van der Waals surface area contributed by atoms with Crippen molar-refractivity contribution in [1.29, 1.82) is 0 Å². The predicted molar refractivity (Wildman–Crippen MR) is 96.6 cm³/mol. The molecule has 1 aromatic carbocycles. The Hall–Kier alpha value is -1.78. The van der Waals surface area contributed by atoms with E-state index in [4.69, 9.17) is 0 Å². The number of hydrogen-bond acceptors (Lipinski definition) is 4. The van der Waals surface area contributed by atoms with Crippen molar-refractivity contribution in [1.82, 2.24) is 20.2 Å². The van der Waals surface area contributed by atoms with E-state index < -0.39 is 0 Å². The van der Waals surface area contributed by atoms with Gasteiger partial charge in [0.1, 0.15) is 0 Å². The number of nitrogens with zero attached hydrogens (tertiary/aromatic N) is 3. The van der Waals surface area contributed by atoms with Gasteiger partial charge in [0.25, 0.3) is 0 Å². The van der Waals surface area contributed by atoms with Crippen LogP contribution in [0, 0.1) is 12.3 Å². The highest BCUT2D eigenvalue weighted by atomic mass is 15.2. The number of nitrogens with one attached hydrogen (secondary N) is 1. The van der Waals surface area contributed by atoms with Crippen LogP contribution in [0.1, 0.15) is 30.4 Å². The second-order valence-corrected chi connectivity index (χ2v) is 7.53. The smallest absolute Gasteiger partial charge is 0.159 e. The monoisotopic (exact) mass is 322 g/mol. The first-order chi connectivity index (χ1) is 11.7. The van der Waals surface area contributed by atoms with Crippen LogP contribution < -0.4 is 5.32 Å². The first-order valence-corrected chi connectivity index (χ1v) is 9.04. The van der Waals surface area contributed by atoms with Crippen molar-refractivity contribution in [3.05, 3.63) is 47.8 Å². The van der Waals surface area contributed by atoms with Gasteiger partial charge in [0.05, 0.1) is 0 Å². The zero-order valence-corrected chi connectivity index (χ0v) is 14.5. The fraction of sp³-hybridized carbons (Fsp3) is 0.500. The summed E-state index contributed by atoms with van der Waals surface area (Å²) < 4.78 is 0. The molecule has 0 bridgehead atoms. The maximum atomic E-state index is 4.59. The van der Waals surface area contributed by atoms with E-state index in [2.05, 4.69) is 51.4 Å². The first kappa shape index (κ1) is 15.7. The molecule has 4 nitrogen and oxygen atoms in total. The molecule has 2 fully saturated rings. The van der Waals surface area contributed by atoms with Crippen molar-refractivity contribution in [3.8, 4) is 11.4 Å². The molecule has 126 valence electrons. The zero-order valence-electron chi connectivity index (χ0n) is 14.5. The lowest BCUT2D eigenvalue weighted by molar-refractivity contribution is 0.199. The average molecular weight is 322 g/mol. The summed E-state index contributed by atoms with van der Waals surface area (Å²) in [7, 11) is 0. The van der Waals surface area contributed by atoms with E-state index in [-0.39, 0.29) is 0 Å². The fourth-order valence-electron chi connectivity index (χ4n) is 4.17. The number of likely N-dealkylation sites (tertiary alicyclic amines) is 1. The summed E-state index contributed by atoms with van der Waals surface area (Å²) in [6.45, 7) is 7.85. The van der Waals surface area contributed by atoms with Gasteiger partial charge in [-0.25, -0.2) is 9.97 Å². The molecule has 0 aliphatic carbocycles. The lowest BCUT2D eigenvalue weighted by Crippen LogP contribution is -2.41. The SMILES string of the molecule is Cc1cccc(-c2ncc(CN3CCC4(CCCNC4)C3)cn2)c1. The summed E-state index contributed by atoms with van der Waals surface area (Å²) in [4.78, 5) is 11.7. The van der Waals surface area contributed by atoms with E-state index in [9.17, 15) is 0 Å². The van der Waals surface area contributed by atoms with Crippen LogP contribution in [0.15, 0.2) is 36.7 Å². The Labute approximate surface area is 144 Å². The topological polar surface area (TPSA) is 41.1 Å². The van der Waals surface area contributed by atoms with Crippen LogP contribution in [0.3, 0.4) is 0 Å². The lowest BCUT2D eigenvalue weighted by Gasteiger charge is -2.34. The van der Waals surface area contributed by atoms with Gasteiger partial charge < -0.3 is 5.32 Å². The van der Waals surface area contributed by atoms with Gasteiger partial charge in [0, 0.05) is 43.2 Å². The molecule has 0 saturated carbocycles. The molecule has 2 saturated heterocycles. The number of aromatic nitrogens is 2. The van der Waals surface area contributed by atoms with Gasteiger partial charge in [0.2, 0.25) is 0 Å². The van der Waals surface area contributed by atoms with E-state index in [0.717, 1.165) is 17.9 Å². The Morgan fingerprint density at radius 1 is 1.21 bits per heavy atom. The highest BCUT2D eigenvalue weighted by Gasteiger charge is 2.38. The number of aryl methyl sites for hydroxylation is 1. The van der Waals surface area contributed by atoms with Crippen molar-refractivity contribution >= 4 is 0 Å². The standard InChI is InChI=1S/C20H26N4/c1-16-4-2-5-18(10-16)19-22-11-17(12-23-19)13-24-9-7-20(15-24)6-3-8-21-14-20/h2,4-5,10-12,21H,3,6-9,13-15H2,1H3. The van der Waals surface area contributed by atoms with Crippen molar-refractivity contribution in [2.45, 2.75) is 32.7 Å². The third-order valence-corrected chi connectivity index (χ3v) is 5.47. The molecule has 2 aliphatic heterocycles. The third kappa shape index (κ3) is 3.35. The van der Waals surface area contributed by atoms with E-state index in [1.54, 1.807) is 0 Å². The molecule has 4 rings (SSSR count). The van der Waals surface area contributed by atoms with Gasteiger partial charge in [0.15, 0.2) is 5.82 Å². The molecule has 3 heterocycles. The normalized spacial score (nSPS) is 24.5. The van der Waals surface area contributed by atoms with Gasteiger partial charge in [-0.05, 0) is 50.8 Å². The van der Waals surface area contributed by atoms with E-state index >= 15 is 0 Å². The zero-order chi connectivity index (χ0) is 16.4. The molecule has 4 heteroatoms. The average Bonchev–Trinajstić information content (AvgIpc) is 2.98. The minimum atomic E-state index is 0.514. The predicted octanol–water partition coefficient (Wildman–Crippen LogP) is 3.03.